The van der Waals surface area contributed by atoms with Gasteiger partial charge in [0.05, 0.1) is 0 Å². The van der Waals surface area contributed by atoms with E-state index in [1.165, 1.54) is 0 Å². The first-order valence-electron chi connectivity index (χ1n) is 5.56. The van der Waals surface area contributed by atoms with Gasteiger partial charge >= 0.3 is 0 Å². The number of benzene rings is 1. The summed E-state index contributed by atoms with van der Waals surface area (Å²) < 4.78 is 0. The van der Waals surface area contributed by atoms with E-state index in [-0.39, 0.29) is 0 Å². The molecule has 0 spiro atoms. The summed E-state index contributed by atoms with van der Waals surface area (Å²) in [6.07, 6.45) is 1.92. The zero-order valence-corrected chi connectivity index (χ0v) is 10.5. The third-order valence-electron chi connectivity index (χ3n) is 2.77. The Morgan fingerprint density at radius 3 is 2.28 bits per heavy atom. The molecule has 0 saturated heterocycles. The van der Waals surface area contributed by atoms with Crippen molar-refractivity contribution in [1.82, 2.24) is 20.4 Å². The first-order valence-corrected chi connectivity index (χ1v) is 5.94. The second-order valence-corrected chi connectivity index (χ2v) is 4.54. The molecule has 0 atom stereocenters. The van der Waals surface area contributed by atoms with E-state index in [0.717, 1.165) is 28.2 Å². The Labute approximate surface area is 109 Å². The van der Waals surface area contributed by atoms with Crippen LogP contribution >= 0.6 is 11.6 Å². The van der Waals surface area contributed by atoms with E-state index >= 15 is 0 Å². The number of rotatable bonds is 2. The van der Waals surface area contributed by atoms with E-state index in [2.05, 4.69) is 20.4 Å². The summed E-state index contributed by atoms with van der Waals surface area (Å²) in [4.78, 5) is 3.14. The zero-order valence-electron chi connectivity index (χ0n) is 9.74. The van der Waals surface area contributed by atoms with Crippen LogP contribution in [-0.4, -0.2) is 20.4 Å². The van der Waals surface area contributed by atoms with Crippen molar-refractivity contribution in [3.05, 3.63) is 47.2 Å². The number of aromatic nitrogens is 4. The topological polar surface area (TPSA) is 57.4 Å². The molecule has 0 fully saturated rings. The minimum atomic E-state index is 0.710. The van der Waals surface area contributed by atoms with Gasteiger partial charge in [-0.2, -0.15) is 15.4 Å². The normalized spacial score (nSPS) is 10.8. The fourth-order valence-corrected chi connectivity index (χ4v) is 2.01. The molecular formula is C13H11ClN4. The van der Waals surface area contributed by atoms with Crippen molar-refractivity contribution >= 4 is 11.6 Å². The van der Waals surface area contributed by atoms with Gasteiger partial charge < -0.3 is 4.98 Å². The number of H-pyrrole nitrogens is 2. The van der Waals surface area contributed by atoms with Gasteiger partial charge in [-0.05, 0) is 25.1 Å². The minimum Gasteiger partial charge on any atom is -0.365 e. The van der Waals surface area contributed by atoms with Crippen molar-refractivity contribution in [2.75, 3.05) is 0 Å². The first-order chi connectivity index (χ1) is 8.74. The van der Waals surface area contributed by atoms with Crippen molar-refractivity contribution in [2.24, 2.45) is 0 Å². The lowest BCUT2D eigenvalue weighted by molar-refractivity contribution is 0.944. The van der Waals surface area contributed by atoms with Gasteiger partial charge in [-0.1, -0.05) is 23.7 Å². The fourth-order valence-electron chi connectivity index (χ4n) is 1.89. The molecule has 0 bridgehead atoms. The molecule has 0 radical (unpaired) electrons. The summed E-state index contributed by atoms with van der Waals surface area (Å²) in [5, 5.41) is 11.8. The summed E-state index contributed by atoms with van der Waals surface area (Å²) in [7, 11) is 0. The summed E-state index contributed by atoms with van der Waals surface area (Å²) in [6.45, 7) is 2.01. The van der Waals surface area contributed by atoms with Crippen molar-refractivity contribution in [3.63, 3.8) is 0 Å². The molecule has 4 nitrogen and oxygen atoms in total. The highest BCUT2D eigenvalue weighted by molar-refractivity contribution is 6.30. The molecule has 0 aliphatic heterocycles. The van der Waals surface area contributed by atoms with Crippen LogP contribution in [0.15, 0.2) is 36.5 Å². The second kappa shape index (κ2) is 4.31. The van der Waals surface area contributed by atoms with Crippen LogP contribution in [0.25, 0.3) is 22.5 Å². The predicted octanol–water partition coefficient (Wildman–Crippen LogP) is 3.43. The molecule has 5 heteroatoms. The van der Waals surface area contributed by atoms with Crippen LogP contribution in [0.2, 0.25) is 5.02 Å². The monoisotopic (exact) mass is 258 g/mol. The van der Waals surface area contributed by atoms with Gasteiger partial charge in [0, 0.05) is 28.0 Å². The predicted molar refractivity (Wildman–Crippen MR) is 71.4 cm³/mol. The van der Waals surface area contributed by atoms with E-state index < -0.39 is 0 Å². The molecule has 0 aliphatic carbocycles. The minimum absolute atomic E-state index is 0.710. The van der Waals surface area contributed by atoms with Crippen LogP contribution in [0, 0.1) is 6.92 Å². The van der Waals surface area contributed by atoms with Crippen LogP contribution in [0.4, 0.5) is 0 Å². The summed E-state index contributed by atoms with van der Waals surface area (Å²) in [6, 6.07) is 9.60. The van der Waals surface area contributed by atoms with E-state index in [1.54, 1.807) is 0 Å². The van der Waals surface area contributed by atoms with Crippen molar-refractivity contribution in [1.29, 1.82) is 0 Å². The Kier molecular flexibility index (Phi) is 2.64. The fraction of sp³-hybridized carbons (Fsp3) is 0.0769. The molecule has 90 valence electrons. The number of hydrogen-bond acceptors (Lipinski definition) is 2. The highest BCUT2D eigenvalue weighted by Gasteiger charge is 2.13. The van der Waals surface area contributed by atoms with Gasteiger partial charge in [-0.3, -0.25) is 0 Å². The Bertz CT molecular complexity index is 666. The smallest absolute Gasteiger partial charge is 0.122 e. The highest BCUT2D eigenvalue weighted by atomic mass is 35.5. The van der Waals surface area contributed by atoms with E-state index in [9.17, 15) is 0 Å². The Morgan fingerprint density at radius 2 is 1.67 bits per heavy atom. The van der Waals surface area contributed by atoms with Gasteiger partial charge in [0.25, 0.3) is 0 Å². The SMILES string of the molecule is Cc1cc(-c2n[nH]nc2-c2ccc(Cl)cc2)c[nH]1. The number of nitrogens with zero attached hydrogens (tertiary/aromatic N) is 2. The summed E-state index contributed by atoms with van der Waals surface area (Å²) in [5.74, 6) is 0. The second-order valence-electron chi connectivity index (χ2n) is 4.10. The quantitative estimate of drug-likeness (QED) is 0.740. The Morgan fingerprint density at radius 1 is 1.00 bits per heavy atom. The van der Waals surface area contributed by atoms with Gasteiger partial charge in [0.1, 0.15) is 11.4 Å². The standard InChI is InChI=1S/C13H11ClN4/c1-8-6-10(7-15-8)13-12(16-18-17-13)9-2-4-11(14)5-3-9/h2-7,15H,1H3,(H,16,17,18). The van der Waals surface area contributed by atoms with Crippen molar-refractivity contribution < 1.29 is 0 Å². The average Bonchev–Trinajstić information content (AvgIpc) is 2.98. The first kappa shape index (κ1) is 11.0. The van der Waals surface area contributed by atoms with Crippen LogP contribution in [-0.2, 0) is 0 Å². The molecule has 3 rings (SSSR count). The van der Waals surface area contributed by atoms with Crippen LogP contribution in [0.3, 0.4) is 0 Å². The maximum atomic E-state index is 5.88. The Hall–Kier alpha value is -2.07. The van der Waals surface area contributed by atoms with Gasteiger partial charge in [-0.15, -0.1) is 0 Å². The molecule has 0 unspecified atom stereocenters. The molecule has 0 aliphatic rings. The molecule has 2 aromatic heterocycles. The molecule has 0 amide bonds. The lowest BCUT2D eigenvalue weighted by atomic mass is 10.1. The molecule has 0 saturated carbocycles. The number of hydrogen-bond donors (Lipinski definition) is 2. The largest absolute Gasteiger partial charge is 0.365 e. The number of aromatic amines is 2. The zero-order chi connectivity index (χ0) is 12.5. The lowest BCUT2D eigenvalue weighted by Crippen LogP contribution is -1.82. The number of aryl methyl sites for hydroxylation is 1. The summed E-state index contributed by atoms with van der Waals surface area (Å²) >= 11 is 5.88. The molecular weight excluding hydrogens is 248 g/mol. The van der Waals surface area contributed by atoms with Crippen LogP contribution < -0.4 is 0 Å². The molecule has 2 N–H and O–H groups in total. The third-order valence-corrected chi connectivity index (χ3v) is 3.02. The van der Waals surface area contributed by atoms with Crippen LogP contribution in [0.1, 0.15) is 5.69 Å². The third kappa shape index (κ3) is 1.91. The maximum absolute atomic E-state index is 5.88. The summed E-state index contributed by atoms with van der Waals surface area (Å²) in [5.41, 5.74) is 4.76. The van der Waals surface area contributed by atoms with Gasteiger partial charge in [0.2, 0.25) is 0 Å². The van der Waals surface area contributed by atoms with E-state index in [0.29, 0.717) is 5.02 Å². The maximum Gasteiger partial charge on any atom is 0.122 e. The Balaban J connectivity index is 2.09. The van der Waals surface area contributed by atoms with Crippen molar-refractivity contribution in [3.8, 4) is 22.5 Å². The lowest BCUT2D eigenvalue weighted by Gasteiger charge is -1.99. The average molecular weight is 259 g/mol. The van der Waals surface area contributed by atoms with Crippen LogP contribution in [0.5, 0.6) is 0 Å². The van der Waals surface area contributed by atoms with Crippen molar-refractivity contribution in [2.45, 2.75) is 6.92 Å². The molecule has 18 heavy (non-hydrogen) atoms. The van der Waals surface area contributed by atoms with E-state index in [4.69, 9.17) is 11.6 Å². The highest BCUT2D eigenvalue weighted by Crippen LogP contribution is 2.29. The number of halogens is 1. The molecule has 3 aromatic rings. The van der Waals surface area contributed by atoms with Gasteiger partial charge in [-0.25, -0.2) is 0 Å². The van der Waals surface area contributed by atoms with Gasteiger partial charge in [0.15, 0.2) is 0 Å². The molecule has 1 aromatic carbocycles. The number of nitrogens with one attached hydrogen (secondary N) is 2. The van der Waals surface area contributed by atoms with E-state index in [1.807, 2.05) is 43.5 Å². The molecule has 2 heterocycles.